The fourth-order valence-corrected chi connectivity index (χ4v) is 4.69. The van der Waals surface area contributed by atoms with Gasteiger partial charge < -0.3 is 0 Å². The molecule has 0 spiro atoms. The first-order chi connectivity index (χ1) is 9.84. The normalized spacial score (nSPS) is 13.5. The summed E-state index contributed by atoms with van der Waals surface area (Å²) < 4.78 is 51.7. The Morgan fingerprint density at radius 1 is 1.14 bits per heavy atom. The van der Waals surface area contributed by atoms with E-state index >= 15 is 0 Å². The maximum atomic E-state index is 12.2. The minimum absolute atomic E-state index is 0.0145. The number of benzene rings is 1. The molecule has 0 aliphatic carbocycles. The Morgan fingerprint density at radius 3 is 2.18 bits per heavy atom. The number of nitrogens with one attached hydrogen (secondary N) is 1. The largest absolute Gasteiger partial charge is 0.240 e. The van der Waals surface area contributed by atoms with Crippen molar-refractivity contribution in [2.24, 2.45) is 0 Å². The Labute approximate surface area is 133 Å². The highest BCUT2D eigenvalue weighted by Gasteiger charge is 2.29. The van der Waals surface area contributed by atoms with Crippen molar-refractivity contribution < 1.29 is 16.8 Å². The molecule has 22 heavy (non-hydrogen) atoms. The zero-order chi connectivity index (χ0) is 17.2. The molecule has 1 N–H and O–H groups in total. The molecule has 0 saturated carbocycles. The van der Waals surface area contributed by atoms with Crippen LogP contribution < -0.4 is 4.72 Å². The topological polar surface area (TPSA) is 83.6 Å². The number of nitrogens with zero attached hydrogens (tertiary/aromatic N) is 1. The zero-order valence-electron chi connectivity index (χ0n) is 13.6. The van der Waals surface area contributed by atoms with Crippen LogP contribution in [0.4, 0.5) is 0 Å². The Morgan fingerprint density at radius 2 is 1.73 bits per heavy atom. The Balaban J connectivity index is 2.81. The molecule has 0 unspecified atom stereocenters. The molecule has 0 amide bonds. The fraction of sp³-hybridized carbons (Fsp3) is 0.571. The van der Waals surface area contributed by atoms with Gasteiger partial charge in [-0.1, -0.05) is 12.1 Å². The van der Waals surface area contributed by atoms with Crippen LogP contribution in [0.25, 0.3) is 0 Å². The van der Waals surface area contributed by atoms with Gasteiger partial charge in [0.25, 0.3) is 0 Å². The highest BCUT2D eigenvalue weighted by molar-refractivity contribution is 7.89. The number of sulfonamides is 2. The molecule has 126 valence electrons. The molecular weight excluding hydrogens is 324 g/mol. The van der Waals surface area contributed by atoms with E-state index in [1.54, 1.807) is 32.9 Å². The molecule has 0 aliphatic rings. The second-order valence-corrected chi connectivity index (χ2v) is 9.89. The Bertz CT molecular complexity index is 719. The van der Waals surface area contributed by atoms with E-state index in [0.29, 0.717) is 0 Å². The van der Waals surface area contributed by atoms with Gasteiger partial charge >= 0.3 is 0 Å². The maximum Gasteiger partial charge on any atom is 0.240 e. The molecule has 1 aromatic carbocycles. The van der Waals surface area contributed by atoms with Crippen LogP contribution in [0.5, 0.6) is 0 Å². The van der Waals surface area contributed by atoms with E-state index in [2.05, 4.69) is 4.72 Å². The first kappa shape index (κ1) is 19.1. The highest BCUT2D eigenvalue weighted by atomic mass is 32.2. The van der Waals surface area contributed by atoms with Crippen molar-refractivity contribution in [2.75, 3.05) is 19.3 Å². The molecule has 0 radical (unpaired) electrons. The molecule has 0 saturated heterocycles. The lowest BCUT2D eigenvalue weighted by Crippen LogP contribution is -2.48. The van der Waals surface area contributed by atoms with Crippen LogP contribution >= 0.6 is 0 Å². The Hall–Kier alpha value is -0.960. The number of hydrogen-bond acceptors (Lipinski definition) is 4. The molecular formula is C14H24N2O4S2. The predicted octanol–water partition coefficient (Wildman–Crippen LogP) is 1.33. The number of aryl methyl sites for hydroxylation is 1. The summed E-state index contributed by atoms with van der Waals surface area (Å²) in [7, 11) is -7.05. The summed E-state index contributed by atoms with van der Waals surface area (Å²) in [6, 6.07) is 6.56. The van der Waals surface area contributed by atoms with Gasteiger partial charge in [0.05, 0.1) is 11.2 Å². The summed E-state index contributed by atoms with van der Waals surface area (Å²) in [6.07, 6.45) is 1.12. The van der Waals surface area contributed by atoms with E-state index in [4.69, 9.17) is 0 Å². The van der Waals surface area contributed by atoms with E-state index < -0.39 is 25.6 Å². The van der Waals surface area contributed by atoms with Gasteiger partial charge in [-0.3, -0.25) is 0 Å². The molecule has 0 atom stereocenters. The van der Waals surface area contributed by atoms with Crippen LogP contribution in [0.2, 0.25) is 0 Å². The molecule has 0 bridgehead atoms. The summed E-state index contributed by atoms with van der Waals surface area (Å²) >= 11 is 0. The lowest BCUT2D eigenvalue weighted by molar-refractivity contribution is 0.254. The quantitative estimate of drug-likeness (QED) is 0.841. The van der Waals surface area contributed by atoms with Gasteiger partial charge in [-0.15, -0.1) is 0 Å². The highest BCUT2D eigenvalue weighted by Crippen LogP contribution is 2.16. The molecule has 8 heteroatoms. The summed E-state index contributed by atoms with van der Waals surface area (Å²) in [5.74, 6) is 0. The van der Waals surface area contributed by atoms with Crippen molar-refractivity contribution in [1.82, 2.24) is 9.03 Å². The lowest BCUT2D eigenvalue weighted by atomic mass is 10.1. The van der Waals surface area contributed by atoms with Gasteiger partial charge in [0.15, 0.2) is 0 Å². The second-order valence-electron chi connectivity index (χ2n) is 6.22. The number of rotatable bonds is 6. The molecule has 0 aromatic heterocycles. The van der Waals surface area contributed by atoms with E-state index in [9.17, 15) is 16.8 Å². The zero-order valence-corrected chi connectivity index (χ0v) is 15.3. The fourth-order valence-electron chi connectivity index (χ4n) is 2.15. The summed E-state index contributed by atoms with van der Waals surface area (Å²) in [5, 5.41) is 0. The van der Waals surface area contributed by atoms with Crippen molar-refractivity contribution in [1.29, 1.82) is 0 Å². The van der Waals surface area contributed by atoms with Crippen LogP contribution in [0.1, 0.15) is 26.3 Å². The van der Waals surface area contributed by atoms with Gasteiger partial charge in [0.1, 0.15) is 0 Å². The minimum Gasteiger partial charge on any atom is -0.212 e. The monoisotopic (exact) mass is 348 g/mol. The van der Waals surface area contributed by atoms with E-state index in [0.717, 1.165) is 11.8 Å². The molecule has 0 heterocycles. The Kier molecular flexibility index (Phi) is 5.77. The number of hydrogen-bond donors (Lipinski definition) is 1. The molecule has 0 aliphatic heterocycles. The summed E-state index contributed by atoms with van der Waals surface area (Å²) in [4.78, 5) is 0.175. The predicted molar refractivity (Wildman–Crippen MR) is 87.7 cm³/mol. The minimum atomic E-state index is -3.64. The van der Waals surface area contributed by atoms with Crippen molar-refractivity contribution >= 4 is 20.0 Å². The van der Waals surface area contributed by atoms with Crippen molar-refractivity contribution in [2.45, 2.75) is 38.1 Å². The van der Waals surface area contributed by atoms with Gasteiger partial charge in [0, 0.05) is 18.6 Å². The smallest absolute Gasteiger partial charge is 0.212 e. The maximum absolute atomic E-state index is 12.2. The molecule has 6 nitrogen and oxygen atoms in total. The SMILES string of the molecule is Cc1cccc(S(=O)(=O)NCCN(C(C)(C)C)S(C)(=O)=O)c1. The summed E-state index contributed by atoms with van der Waals surface area (Å²) in [6.45, 7) is 7.20. The third-order valence-electron chi connectivity index (χ3n) is 3.06. The molecule has 1 aromatic rings. The van der Waals surface area contributed by atoms with E-state index in [1.165, 1.54) is 10.4 Å². The van der Waals surface area contributed by atoms with Crippen molar-refractivity contribution in [3.63, 3.8) is 0 Å². The van der Waals surface area contributed by atoms with Crippen LogP contribution in [0.3, 0.4) is 0 Å². The molecule has 0 fully saturated rings. The van der Waals surface area contributed by atoms with Crippen LogP contribution in [-0.4, -0.2) is 46.0 Å². The van der Waals surface area contributed by atoms with Crippen LogP contribution in [0, 0.1) is 6.92 Å². The van der Waals surface area contributed by atoms with Gasteiger partial charge in [-0.25, -0.2) is 21.6 Å². The van der Waals surface area contributed by atoms with E-state index in [1.807, 2.05) is 13.0 Å². The first-order valence-electron chi connectivity index (χ1n) is 6.88. The second kappa shape index (κ2) is 6.66. The van der Waals surface area contributed by atoms with Gasteiger partial charge in [-0.05, 0) is 45.4 Å². The molecule has 1 rings (SSSR count). The third kappa shape index (κ3) is 5.35. The van der Waals surface area contributed by atoms with Crippen LogP contribution in [-0.2, 0) is 20.0 Å². The average Bonchev–Trinajstić information content (AvgIpc) is 2.31. The van der Waals surface area contributed by atoms with Crippen molar-refractivity contribution in [3.05, 3.63) is 29.8 Å². The first-order valence-corrected chi connectivity index (χ1v) is 10.2. The van der Waals surface area contributed by atoms with Crippen LogP contribution in [0.15, 0.2) is 29.2 Å². The average molecular weight is 348 g/mol. The standard InChI is InChI=1S/C14H24N2O4S2/c1-12-7-6-8-13(11-12)22(19,20)15-9-10-16(14(2,3)4)21(5,17)18/h6-8,11,15H,9-10H2,1-5H3. The third-order valence-corrected chi connectivity index (χ3v) is 6.05. The van der Waals surface area contributed by atoms with Crippen molar-refractivity contribution in [3.8, 4) is 0 Å². The lowest BCUT2D eigenvalue weighted by Gasteiger charge is -2.33. The van der Waals surface area contributed by atoms with Gasteiger partial charge in [-0.2, -0.15) is 4.31 Å². The van der Waals surface area contributed by atoms with Gasteiger partial charge in [0.2, 0.25) is 20.0 Å². The van der Waals surface area contributed by atoms with E-state index in [-0.39, 0.29) is 18.0 Å². The summed E-state index contributed by atoms with van der Waals surface area (Å²) in [5.41, 5.74) is 0.234.